The van der Waals surface area contributed by atoms with Crippen LogP contribution in [0, 0.1) is 0 Å². The Bertz CT molecular complexity index is 453. The van der Waals surface area contributed by atoms with E-state index in [4.69, 9.17) is 10.5 Å². The van der Waals surface area contributed by atoms with Crippen LogP contribution in [0.3, 0.4) is 0 Å². The number of likely N-dealkylation sites (tertiary alicyclic amines) is 1. The molecule has 0 spiro atoms. The van der Waals surface area contributed by atoms with Gasteiger partial charge in [-0.2, -0.15) is 0 Å². The van der Waals surface area contributed by atoms with Crippen LogP contribution in [0.2, 0.25) is 0 Å². The number of amides is 1. The average Bonchev–Trinajstić information content (AvgIpc) is 3.15. The van der Waals surface area contributed by atoms with Gasteiger partial charge < -0.3 is 15.4 Å². The Morgan fingerprint density at radius 1 is 1.28 bits per heavy atom. The maximum absolute atomic E-state index is 12.0. The summed E-state index contributed by atoms with van der Waals surface area (Å²) in [5.41, 5.74) is 7.25. The highest BCUT2D eigenvalue weighted by Gasteiger charge is 2.45. The third-order valence-electron chi connectivity index (χ3n) is 3.80. The van der Waals surface area contributed by atoms with Crippen molar-refractivity contribution >= 4 is 5.91 Å². The molecule has 1 aromatic carbocycles. The Balaban J connectivity index is 1.89. The van der Waals surface area contributed by atoms with Gasteiger partial charge in [0.15, 0.2) is 0 Å². The molecule has 2 atom stereocenters. The number of nitrogens with zero attached hydrogens (tertiary/aromatic N) is 1. The van der Waals surface area contributed by atoms with Gasteiger partial charge in [-0.3, -0.25) is 4.79 Å². The van der Waals surface area contributed by atoms with Crippen molar-refractivity contribution in [3.63, 3.8) is 0 Å². The zero-order valence-corrected chi connectivity index (χ0v) is 10.5. The first-order valence-electron chi connectivity index (χ1n) is 6.41. The smallest absolute Gasteiger partial charge is 0.225 e. The van der Waals surface area contributed by atoms with Crippen LogP contribution in [-0.4, -0.2) is 30.0 Å². The Morgan fingerprint density at radius 3 is 2.50 bits per heavy atom. The molecule has 2 fully saturated rings. The standard InChI is InChI=1S/C14H18N2O2/c1-18-11-6-2-9(3-7-11)14-12(15)8-13(17)16(14)10-4-5-10/h2-3,6-7,10,12,14H,4-5,8,15H2,1H3. The average molecular weight is 246 g/mol. The highest BCUT2D eigenvalue weighted by atomic mass is 16.5. The van der Waals surface area contributed by atoms with E-state index in [0.717, 1.165) is 24.2 Å². The maximum atomic E-state index is 12.0. The molecule has 0 radical (unpaired) electrons. The first-order chi connectivity index (χ1) is 8.70. The second-order valence-electron chi connectivity index (χ2n) is 5.12. The summed E-state index contributed by atoms with van der Waals surface area (Å²) in [6.45, 7) is 0. The number of hydrogen-bond donors (Lipinski definition) is 1. The van der Waals surface area contributed by atoms with Crippen molar-refractivity contribution in [3.05, 3.63) is 29.8 Å². The highest BCUT2D eigenvalue weighted by Crippen LogP contribution is 2.41. The first kappa shape index (κ1) is 11.5. The van der Waals surface area contributed by atoms with Crippen molar-refractivity contribution in [2.45, 2.75) is 37.4 Å². The van der Waals surface area contributed by atoms with Crippen molar-refractivity contribution in [1.82, 2.24) is 4.90 Å². The molecule has 18 heavy (non-hydrogen) atoms. The van der Waals surface area contributed by atoms with Crippen LogP contribution in [0.15, 0.2) is 24.3 Å². The monoisotopic (exact) mass is 246 g/mol. The molecule has 1 aliphatic heterocycles. The van der Waals surface area contributed by atoms with Gasteiger partial charge in [-0.1, -0.05) is 12.1 Å². The summed E-state index contributed by atoms with van der Waals surface area (Å²) < 4.78 is 5.15. The molecule has 0 bridgehead atoms. The van der Waals surface area contributed by atoms with Gasteiger partial charge in [-0.15, -0.1) is 0 Å². The van der Waals surface area contributed by atoms with Crippen molar-refractivity contribution in [1.29, 1.82) is 0 Å². The first-order valence-corrected chi connectivity index (χ1v) is 6.41. The Kier molecular flexibility index (Phi) is 2.74. The summed E-state index contributed by atoms with van der Waals surface area (Å²) >= 11 is 0. The van der Waals surface area contributed by atoms with Gasteiger partial charge in [-0.05, 0) is 30.5 Å². The summed E-state index contributed by atoms with van der Waals surface area (Å²) in [6.07, 6.45) is 2.70. The summed E-state index contributed by atoms with van der Waals surface area (Å²) in [5, 5.41) is 0. The lowest BCUT2D eigenvalue weighted by Crippen LogP contribution is -2.34. The molecule has 4 heteroatoms. The minimum Gasteiger partial charge on any atom is -0.497 e. The highest BCUT2D eigenvalue weighted by molar-refractivity contribution is 5.81. The topological polar surface area (TPSA) is 55.6 Å². The van der Waals surface area contributed by atoms with Crippen LogP contribution < -0.4 is 10.5 Å². The van der Waals surface area contributed by atoms with Crippen LogP contribution in [0.4, 0.5) is 0 Å². The van der Waals surface area contributed by atoms with E-state index in [2.05, 4.69) is 0 Å². The third-order valence-corrected chi connectivity index (χ3v) is 3.80. The molecule has 2 N–H and O–H groups in total. The number of carbonyl (C=O) groups is 1. The Morgan fingerprint density at radius 2 is 1.94 bits per heavy atom. The molecule has 0 aromatic heterocycles. The fourth-order valence-electron chi connectivity index (χ4n) is 2.77. The van der Waals surface area contributed by atoms with Crippen LogP contribution in [0.5, 0.6) is 5.75 Å². The summed E-state index contributed by atoms with van der Waals surface area (Å²) in [6, 6.07) is 8.24. The molecule has 1 saturated carbocycles. The van der Waals surface area contributed by atoms with Crippen LogP contribution in [0.25, 0.3) is 0 Å². The van der Waals surface area contributed by atoms with Gasteiger partial charge in [0.2, 0.25) is 5.91 Å². The van der Waals surface area contributed by atoms with Gasteiger partial charge in [-0.25, -0.2) is 0 Å². The number of hydrogen-bond acceptors (Lipinski definition) is 3. The molecule has 1 heterocycles. The molecule has 1 aliphatic carbocycles. The van der Waals surface area contributed by atoms with Gasteiger partial charge in [0, 0.05) is 18.5 Å². The van der Waals surface area contributed by atoms with Crippen LogP contribution in [-0.2, 0) is 4.79 Å². The van der Waals surface area contributed by atoms with E-state index in [9.17, 15) is 4.79 Å². The van der Waals surface area contributed by atoms with Crippen LogP contribution in [0.1, 0.15) is 30.9 Å². The van der Waals surface area contributed by atoms with Crippen molar-refractivity contribution < 1.29 is 9.53 Å². The molecule has 2 aliphatic rings. The number of methoxy groups -OCH3 is 1. The third kappa shape index (κ3) is 1.86. The molecule has 1 amide bonds. The summed E-state index contributed by atoms with van der Waals surface area (Å²) in [7, 11) is 1.65. The van der Waals surface area contributed by atoms with E-state index >= 15 is 0 Å². The summed E-state index contributed by atoms with van der Waals surface area (Å²) in [5.74, 6) is 1.03. The molecule has 3 rings (SSSR count). The van der Waals surface area contributed by atoms with E-state index in [1.807, 2.05) is 29.2 Å². The van der Waals surface area contributed by atoms with E-state index in [-0.39, 0.29) is 18.0 Å². The predicted molar refractivity (Wildman–Crippen MR) is 68.2 cm³/mol. The minimum atomic E-state index is -0.0912. The lowest BCUT2D eigenvalue weighted by atomic mass is 10.0. The number of rotatable bonds is 3. The van der Waals surface area contributed by atoms with Gasteiger partial charge in [0.25, 0.3) is 0 Å². The van der Waals surface area contributed by atoms with Crippen molar-refractivity contribution in [3.8, 4) is 5.75 Å². The fourth-order valence-corrected chi connectivity index (χ4v) is 2.77. The van der Waals surface area contributed by atoms with E-state index in [1.165, 1.54) is 0 Å². The predicted octanol–water partition coefficient (Wildman–Crippen LogP) is 1.46. The second kappa shape index (κ2) is 4.28. The van der Waals surface area contributed by atoms with E-state index in [0.29, 0.717) is 12.5 Å². The van der Waals surface area contributed by atoms with Gasteiger partial charge in [0.1, 0.15) is 5.75 Å². The van der Waals surface area contributed by atoms with Gasteiger partial charge in [0.05, 0.1) is 13.2 Å². The quantitative estimate of drug-likeness (QED) is 0.878. The Hall–Kier alpha value is -1.55. The fraction of sp³-hybridized carbons (Fsp3) is 0.500. The SMILES string of the molecule is COc1ccc(C2C(N)CC(=O)N2C2CC2)cc1. The molecule has 2 unspecified atom stereocenters. The lowest BCUT2D eigenvalue weighted by Gasteiger charge is -2.27. The normalized spacial score (nSPS) is 27.7. The zero-order valence-electron chi connectivity index (χ0n) is 10.5. The molecule has 4 nitrogen and oxygen atoms in total. The number of ether oxygens (including phenoxy) is 1. The van der Waals surface area contributed by atoms with Crippen LogP contribution >= 0.6 is 0 Å². The van der Waals surface area contributed by atoms with Gasteiger partial charge >= 0.3 is 0 Å². The molecule has 1 saturated heterocycles. The maximum Gasteiger partial charge on any atom is 0.225 e. The van der Waals surface area contributed by atoms with E-state index < -0.39 is 0 Å². The lowest BCUT2D eigenvalue weighted by molar-refractivity contribution is -0.129. The minimum absolute atomic E-state index is 0.0379. The van der Waals surface area contributed by atoms with Crippen molar-refractivity contribution in [2.75, 3.05) is 7.11 Å². The molecule has 1 aromatic rings. The zero-order chi connectivity index (χ0) is 12.7. The largest absolute Gasteiger partial charge is 0.497 e. The molecular formula is C14H18N2O2. The van der Waals surface area contributed by atoms with E-state index in [1.54, 1.807) is 7.11 Å². The number of carbonyl (C=O) groups excluding carboxylic acids is 1. The number of benzene rings is 1. The molecular weight excluding hydrogens is 228 g/mol. The Labute approximate surface area is 107 Å². The molecule has 96 valence electrons. The summed E-state index contributed by atoms with van der Waals surface area (Å²) in [4.78, 5) is 14.0. The van der Waals surface area contributed by atoms with Crippen molar-refractivity contribution in [2.24, 2.45) is 5.73 Å². The number of nitrogens with two attached hydrogens (primary N) is 1. The second-order valence-corrected chi connectivity index (χ2v) is 5.12.